The van der Waals surface area contributed by atoms with Crippen LogP contribution in [0.3, 0.4) is 0 Å². The molecule has 1 saturated heterocycles. The number of carbonyl (C=O) groups is 1. The van der Waals surface area contributed by atoms with Crippen LogP contribution in [-0.4, -0.2) is 67.0 Å². The van der Waals surface area contributed by atoms with Crippen molar-refractivity contribution in [2.24, 2.45) is 11.7 Å². The summed E-state index contributed by atoms with van der Waals surface area (Å²) in [4.78, 5) is 16.7. The number of amides is 1. The van der Waals surface area contributed by atoms with Gasteiger partial charge in [-0.05, 0) is 57.2 Å². The Morgan fingerprint density at radius 1 is 1.41 bits per heavy atom. The van der Waals surface area contributed by atoms with Crippen molar-refractivity contribution in [2.45, 2.75) is 45.1 Å². The molecule has 1 aliphatic heterocycles. The lowest BCUT2D eigenvalue weighted by Crippen LogP contribution is -2.48. The molecule has 0 spiro atoms. The second kappa shape index (κ2) is 12.5. The van der Waals surface area contributed by atoms with E-state index in [9.17, 15) is 4.79 Å². The predicted octanol–water partition coefficient (Wildman–Crippen LogP) is 2.46. The molecule has 1 atom stereocenters. The minimum atomic E-state index is -0.304. The zero-order valence-corrected chi connectivity index (χ0v) is 16.1. The van der Waals surface area contributed by atoms with Gasteiger partial charge in [0.1, 0.15) is 0 Å². The molecule has 0 aromatic heterocycles. The predicted molar refractivity (Wildman–Crippen MR) is 99.9 cm³/mol. The van der Waals surface area contributed by atoms with E-state index in [4.69, 9.17) is 5.73 Å². The molecule has 132 valence electrons. The highest BCUT2D eigenvalue weighted by molar-refractivity contribution is 7.98. The number of thioether (sulfide) groups is 1. The Labute approximate surface area is 147 Å². The van der Waals surface area contributed by atoms with E-state index in [2.05, 4.69) is 25.1 Å². The molecule has 1 amide bonds. The summed E-state index contributed by atoms with van der Waals surface area (Å²) < 4.78 is 0. The fourth-order valence-electron chi connectivity index (χ4n) is 2.90. The molecule has 1 aliphatic rings. The van der Waals surface area contributed by atoms with E-state index in [1.165, 1.54) is 25.9 Å². The van der Waals surface area contributed by atoms with Gasteiger partial charge in [0.05, 0.1) is 6.04 Å². The molecular weight excluding hydrogens is 318 g/mol. The standard InChI is InChI=1S/C16H33N3OS.ClH/c1-4-5-9-18(2)13-14-6-10-19(11-7-14)16(20)15(17)8-12-21-3;/h14-15H,4-13,17H2,1-3H3;1H/t15-;/m0./s1. The van der Waals surface area contributed by atoms with Gasteiger partial charge in [-0.15, -0.1) is 12.4 Å². The van der Waals surface area contributed by atoms with Crippen LogP contribution < -0.4 is 5.73 Å². The van der Waals surface area contributed by atoms with Crippen molar-refractivity contribution in [3.05, 3.63) is 0 Å². The van der Waals surface area contributed by atoms with Gasteiger partial charge in [-0.3, -0.25) is 4.79 Å². The third kappa shape index (κ3) is 8.04. The monoisotopic (exact) mass is 351 g/mol. The molecule has 22 heavy (non-hydrogen) atoms. The fraction of sp³-hybridized carbons (Fsp3) is 0.938. The van der Waals surface area contributed by atoms with Crippen LogP contribution in [0.2, 0.25) is 0 Å². The van der Waals surface area contributed by atoms with Gasteiger partial charge in [-0.2, -0.15) is 11.8 Å². The summed E-state index contributed by atoms with van der Waals surface area (Å²) in [6, 6.07) is -0.304. The third-order valence-corrected chi connectivity index (χ3v) is 4.98. The van der Waals surface area contributed by atoms with E-state index in [0.717, 1.165) is 44.0 Å². The number of unbranched alkanes of at least 4 members (excludes halogenated alkanes) is 1. The van der Waals surface area contributed by atoms with E-state index in [-0.39, 0.29) is 24.4 Å². The summed E-state index contributed by atoms with van der Waals surface area (Å²) in [5, 5.41) is 0. The largest absolute Gasteiger partial charge is 0.341 e. The van der Waals surface area contributed by atoms with Crippen LogP contribution in [0, 0.1) is 5.92 Å². The van der Waals surface area contributed by atoms with Crippen LogP contribution in [0.4, 0.5) is 0 Å². The molecule has 0 aromatic rings. The van der Waals surface area contributed by atoms with Gasteiger partial charge in [0.25, 0.3) is 0 Å². The quantitative estimate of drug-likeness (QED) is 0.693. The van der Waals surface area contributed by atoms with Crippen molar-refractivity contribution < 1.29 is 4.79 Å². The maximum atomic E-state index is 12.3. The molecule has 1 rings (SSSR count). The normalized spacial score (nSPS) is 17.4. The first kappa shape index (κ1) is 22.0. The molecule has 4 nitrogen and oxygen atoms in total. The Morgan fingerprint density at radius 2 is 2.05 bits per heavy atom. The maximum Gasteiger partial charge on any atom is 0.239 e. The summed E-state index contributed by atoms with van der Waals surface area (Å²) >= 11 is 1.75. The summed E-state index contributed by atoms with van der Waals surface area (Å²) in [5.74, 6) is 1.85. The van der Waals surface area contributed by atoms with Crippen LogP contribution in [0.15, 0.2) is 0 Å². The van der Waals surface area contributed by atoms with Gasteiger partial charge in [0.15, 0.2) is 0 Å². The van der Waals surface area contributed by atoms with Gasteiger partial charge >= 0.3 is 0 Å². The summed E-state index contributed by atoms with van der Waals surface area (Å²) in [6.45, 7) is 6.37. The van der Waals surface area contributed by atoms with Crippen LogP contribution in [-0.2, 0) is 4.79 Å². The highest BCUT2D eigenvalue weighted by atomic mass is 35.5. The van der Waals surface area contributed by atoms with Crippen LogP contribution in [0.5, 0.6) is 0 Å². The van der Waals surface area contributed by atoms with Crippen molar-refractivity contribution in [3.8, 4) is 0 Å². The first-order valence-corrected chi connectivity index (χ1v) is 9.69. The van der Waals surface area contributed by atoms with Crippen molar-refractivity contribution in [1.82, 2.24) is 9.80 Å². The lowest BCUT2D eigenvalue weighted by molar-refractivity contribution is -0.134. The molecule has 0 saturated carbocycles. The molecule has 0 unspecified atom stereocenters. The molecular formula is C16H34ClN3OS. The van der Waals surface area contributed by atoms with Crippen LogP contribution in [0.25, 0.3) is 0 Å². The summed E-state index contributed by atoms with van der Waals surface area (Å²) in [6.07, 6.45) is 7.62. The number of piperidine rings is 1. The minimum absolute atomic E-state index is 0. The zero-order valence-electron chi connectivity index (χ0n) is 14.4. The molecule has 1 fully saturated rings. The van der Waals surface area contributed by atoms with Gasteiger partial charge < -0.3 is 15.5 Å². The summed E-state index contributed by atoms with van der Waals surface area (Å²) in [7, 11) is 2.21. The van der Waals surface area contributed by atoms with E-state index in [0.29, 0.717) is 0 Å². The van der Waals surface area contributed by atoms with E-state index in [1.54, 1.807) is 11.8 Å². The average molecular weight is 352 g/mol. The average Bonchev–Trinajstić information content (AvgIpc) is 2.50. The van der Waals surface area contributed by atoms with E-state index < -0.39 is 0 Å². The second-order valence-electron chi connectivity index (χ2n) is 6.27. The number of hydrogen-bond acceptors (Lipinski definition) is 4. The second-order valence-corrected chi connectivity index (χ2v) is 7.26. The Kier molecular flexibility index (Phi) is 12.5. The Hall–Kier alpha value is 0.0300. The number of carbonyl (C=O) groups excluding carboxylic acids is 1. The molecule has 0 radical (unpaired) electrons. The fourth-order valence-corrected chi connectivity index (χ4v) is 3.39. The Balaban J connectivity index is 0.00000441. The van der Waals surface area contributed by atoms with Crippen molar-refractivity contribution in [3.63, 3.8) is 0 Å². The van der Waals surface area contributed by atoms with Crippen molar-refractivity contribution in [1.29, 1.82) is 0 Å². The van der Waals surface area contributed by atoms with Crippen LogP contribution >= 0.6 is 24.2 Å². The minimum Gasteiger partial charge on any atom is -0.341 e. The SMILES string of the molecule is CCCCN(C)CC1CCN(C(=O)[C@@H](N)CCSC)CC1.Cl. The molecule has 6 heteroatoms. The number of rotatable bonds is 9. The van der Waals surface area contributed by atoms with E-state index >= 15 is 0 Å². The van der Waals surface area contributed by atoms with E-state index in [1.807, 2.05) is 4.90 Å². The number of hydrogen-bond donors (Lipinski definition) is 1. The summed E-state index contributed by atoms with van der Waals surface area (Å²) in [5.41, 5.74) is 5.99. The van der Waals surface area contributed by atoms with Crippen molar-refractivity contribution >= 4 is 30.1 Å². The van der Waals surface area contributed by atoms with Gasteiger partial charge in [0, 0.05) is 19.6 Å². The lowest BCUT2D eigenvalue weighted by atomic mass is 9.95. The van der Waals surface area contributed by atoms with Gasteiger partial charge in [0.2, 0.25) is 5.91 Å². The number of halogens is 1. The maximum absolute atomic E-state index is 12.3. The van der Waals surface area contributed by atoms with Crippen molar-refractivity contribution in [2.75, 3.05) is 45.2 Å². The number of nitrogens with zero attached hydrogens (tertiary/aromatic N) is 2. The smallest absolute Gasteiger partial charge is 0.239 e. The molecule has 1 heterocycles. The number of nitrogens with two attached hydrogens (primary N) is 1. The molecule has 0 aliphatic carbocycles. The van der Waals surface area contributed by atoms with Gasteiger partial charge in [-0.25, -0.2) is 0 Å². The Morgan fingerprint density at radius 3 is 2.59 bits per heavy atom. The highest BCUT2D eigenvalue weighted by Gasteiger charge is 2.26. The first-order valence-electron chi connectivity index (χ1n) is 8.30. The molecule has 0 bridgehead atoms. The lowest BCUT2D eigenvalue weighted by Gasteiger charge is -2.35. The number of likely N-dealkylation sites (tertiary alicyclic amines) is 1. The molecule has 2 N–H and O–H groups in total. The Bertz CT molecular complexity index is 299. The highest BCUT2D eigenvalue weighted by Crippen LogP contribution is 2.19. The molecule has 0 aromatic carbocycles. The third-order valence-electron chi connectivity index (χ3n) is 4.34. The van der Waals surface area contributed by atoms with Gasteiger partial charge in [-0.1, -0.05) is 13.3 Å². The first-order chi connectivity index (χ1) is 10.1. The zero-order chi connectivity index (χ0) is 15.7. The van der Waals surface area contributed by atoms with Crippen LogP contribution in [0.1, 0.15) is 39.0 Å². The topological polar surface area (TPSA) is 49.6 Å².